The van der Waals surface area contributed by atoms with Gasteiger partial charge in [-0.15, -0.1) is 0 Å². The summed E-state index contributed by atoms with van der Waals surface area (Å²) in [4.78, 5) is 8.06. The highest BCUT2D eigenvalue weighted by atomic mass is 15.0. The van der Waals surface area contributed by atoms with E-state index >= 15 is 0 Å². The van der Waals surface area contributed by atoms with Gasteiger partial charge < -0.3 is 10.7 Å². The van der Waals surface area contributed by atoms with Gasteiger partial charge in [0.25, 0.3) is 0 Å². The molecule has 1 aromatic heterocycles. The Morgan fingerprint density at radius 3 is 2.37 bits per heavy atom. The first kappa shape index (κ1) is 12.4. The van der Waals surface area contributed by atoms with E-state index < -0.39 is 0 Å². The van der Waals surface area contributed by atoms with Gasteiger partial charge in [-0.05, 0) is 44.7 Å². The molecule has 3 heteroatoms. The zero-order valence-electron chi connectivity index (χ0n) is 11.9. The second kappa shape index (κ2) is 4.20. The molecule has 19 heavy (non-hydrogen) atoms. The Labute approximate surface area is 114 Å². The fourth-order valence-electron chi connectivity index (χ4n) is 3.01. The van der Waals surface area contributed by atoms with E-state index in [0.29, 0.717) is 6.54 Å². The summed E-state index contributed by atoms with van der Waals surface area (Å²) >= 11 is 0. The highest BCUT2D eigenvalue weighted by molar-refractivity contribution is 5.68. The molecule has 1 aliphatic rings. The van der Waals surface area contributed by atoms with Crippen molar-refractivity contribution in [3.63, 3.8) is 0 Å². The minimum Gasteiger partial charge on any atom is -0.341 e. The van der Waals surface area contributed by atoms with Crippen LogP contribution in [-0.2, 0) is 5.41 Å². The lowest BCUT2D eigenvalue weighted by Gasteiger charge is -2.11. The zero-order valence-corrected chi connectivity index (χ0v) is 11.9. The molecule has 1 heterocycles. The molecule has 0 radical (unpaired) electrons. The molecule has 0 amide bonds. The molecule has 3 N–H and O–H groups in total. The topological polar surface area (TPSA) is 54.7 Å². The summed E-state index contributed by atoms with van der Waals surface area (Å²) in [6.45, 7) is 7.14. The molecule has 0 atom stereocenters. The fraction of sp³-hybridized carbons (Fsp3) is 0.438. The molecule has 1 aromatic carbocycles. The first-order valence-electron chi connectivity index (χ1n) is 6.89. The van der Waals surface area contributed by atoms with Crippen LogP contribution < -0.4 is 5.73 Å². The number of aryl methyl sites for hydroxylation is 3. The molecule has 0 saturated heterocycles. The van der Waals surface area contributed by atoms with Crippen molar-refractivity contribution in [2.24, 2.45) is 5.73 Å². The SMILES string of the molecule is Cc1cc(C)c(-c2cnc(C3(CN)CC3)[nH]2)c(C)c1. The first-order chi connectivity index (χ1) is 9.05. The standard InChI is InChI=1S/C16H21N3/c1-10-6-11(2)14(12(3)7-10)13-8-18-15(19-13)16(9-17)4-5-16/h6-8H,4-5,9,17H2,1-3H3,(H,18,19). The molecule has 1 fully saturated rings. The van der Waals surface area contributed by atoms with Crippen molar-refractivity contribution in [2.75, 3.05) is 6.54 Å². The Bertz CT molecular complexity index is 598. The number of aromatic amines is 1. The molecular formula is C16H21N3. The number of nitrogens with two attached hydrogens (primary N) is 1. The smallest absolute Gasteiger partial charge is 0.114 e. The predicted molar refractivity (Wildman–Crippen MR) is 78.2 cm³/mol. The third-order valence-corrected chi connectivity index (χ3v) is 4.27. The maximum absolute atomic E-state index is 5.87. The minimum absolute atomic E-state index is 0.130. The van der Waals surface area contributed by atoms with Crippen LogP contribution in [0.1, 0.15) is 35.4 Å². The van der Waals surface area contributed by atoms with Crippen LogP contribution in [0, 0.1) is 20.8 Å². The number of hydrogen-bond donors (Lipinski definition) is 2. The third kappa shape index (κ3) is 1.98. The van der Waals surface area contributed by atoms with E-state index in [2.05, 4.69) is 42.9 Å². The van der Waals surface area contributed by atoms with Crippen molar-refractivity contribution in [2.45, 2.75) is 39.0 Å². The van der Waals surface area contributed by atoms with Gasteiger partial charge in [0.2, 0.25) is 0 Å². The molecule has 0 spiro atoms. The van der Waals surface area contributed by atoms with Crippen LogP contribution in [0.25, 0.3) is 11.3 Å². The highest BCUT2D eigenvalue weighted by Crippen LogP contribution is 2.46. The van der Waals surface area contributed by atoms with Crippen LogP contribution in [0.2, 0.25) is 0 Å². The summed E-state index contributed by atoms with van der Waals surface area (Å²) in [5, 5.41) is 0. The van der Waals surface area contributed by atoms with Crippen LogP contribution in [0.15, 0.2) is 18.3 Å². The Kier molecular flexibility index (Phi) is 2.75. The van der Waals surface area contributed by atoms with E-state index in [1.807, 2.05) is 6.20 Å². The van der Waals surface area contributed by atoms with Crippen molar-refractivity contribution >= 4 is 0 Å². The Morgan fingerprint density at radius 1 is 1.21 bits per heavy atom. The number of benzene rings is 1. The quantitative estimate of drug-likeness (QED) is 0.886. The minimum atomic E-state index is 0.130. The predicted octanol–water partition coefficient (Wildman–Crippen LogP) is 2.99. The molecule has 0 aliphatic heterocycles. The average Bonchev–Trinajstić information content (AvgIpc) is 3.00. The lowest BCUT2D eigenvalue weighted by molar-refractivity contribution is 0.659. The van der Waals surface area contributed by atoms with Gasteiger partial charge in [-0.2, -0.15) is 0 Å². The summed E-state index contributed by atoms with van der Waals surface area (Å²) in [7, 11) is 0. The van der Waals surface area contributed by atoms with Gasteiger partial charge >= 0.3 is 0 Å². The largest absolute Gasteiger partial charge is 0.341 e. The number of H-pyrrole nitrogens is 1. The van der Waals surface area contributed by atoms with Crippen molar-refractivity contribution < 1.29 is 0 Å². The summed E-state index contributed by atoms with van der Waals surface area (Å²) < 4.78 is 0. The van der Waals surface area contributed by atoms with Crippen LogP contribution in [0.4, 0.5) is 0 Å². The number of rotatable bonds is 3. The molecule has 100 valence electrons. The first-order valence-corrected chi connectivity index (χ1v) is 6.89. The van der Waals surface area contributed by atoms with E-state index in [1.54, 1.807) is 0 Å². The molecule has 1 saturated carbocycles. The van der Waals surface area contributed by atoms with Crippen molar-refractivity contribution in [3.8, 4) is 11.3 Å². The van der Waals surface area contributed by atoms with E-state index in [9.17, 15) is 0 Å². The molecule has 3 nitrogen and oxygen atoms in total. The maximum Gasteiger partial charge on any atom is 0.114 e. The maximum atomic E-state index is 5.87. The van der Waals surface area contributed by atoms with Gasteiger partial charge in [0.05, 0.1) is 11.9 Å². The summed E-state index contributed by atoms with van der Waals surface area (Å²) in [6.07, 6.45) is 4.26. The molecule has 2 aromatic rings. The number of imidazole rings is 1. The number of aromatic nitrogens is 2. The van der Waals surface area contributed by atoms with Crippen LogP contribution in [-0.4, -0.2) is 16.5 Å². The van der Waals surface area contributed by atoms with Gasteiger partial charge in [0.15, 0.2) is 0 Å². The number of nitrogens with zero attached hydrogens (tertiary/aromatic N) is 1. The lowest BCUT2D eigenvalue weighted by Crippen LogP contribution is -2.21. The van der Waals surface area contributed by atoms with E-state index in [-0.39, 0.29) is 5.41 Å². The molecule has 3 rings (SSSR count). The number of hydrogen-bond acceptors (Lipinski definition) is 2. The molecule has 1 aliphatic carbocycles. The van der Waals surface area contributed by atoms with Crippen molar-refractivity contribution in [1.82, 2.24) is 9.97 Å². The van der Waals surface area contributed by atoms with Crippen molar-refractivity contribution in [3.05, 3.63) is 40.8 Å². The highest BCUT2D eigenvalue weighted by Gasteiger charge is 2.45. The Morgan fingerprint density at radius 2 is 1.84 bits per heavy atom. The third-order valence-electron chi connectivity index (χ3n) is 4.27. The van der Waals surface area contributed by atoms with Gasteiger partial charge in [0, 0.05) is 17.5 Å². The molecule has 0 unspecified atom stereocenters. The normalized spacial score (nSPS) is 16.6. The fourth-order valence-corrected chi connectivity index (χ4v) is 3.01. The second-order valence-electron chi connectivity index (χ2n) is 5.90. The van der Waals surface area contributed by atoms with E-state index in [0.717, 1.165) is 24.4 Å². The van der Waals surface area contributed by atoms with E-state index in [1.165, 1.54) is 22.3 Å². The summed E-state index contributed by atoms with van der Waals surface area (Å²) in [5.41, 5.74) is 12.3. The Balaban J connectivity index is 2.04. The van der Waals surface area contributed by atoms with Crippen LogP contribution in [0.5, 0.6) is 0 Å². The van der Waals surface area contributed by atoms with E-state index in [4.69, 9.17) is 5.73 Å². The number of nitrogens with one attached hydrogen (secondary N) is 1. The van der Waals surface area contributed by atoms with Gasteiger partial charge in [-0.3, -0.25) is 0 Å². The van der Waals surface area contributed by atoms with Crippen molar-refractivity contribution in [1.29, 1.82) is 0 Å². The Hall–Kier alpha value is -1.61. The lowest BCUT2D eigenvalue weighted by atomic mass is 9.98. The van der Waals surface area contributed by atoms with Crippen LogP contribution >= 0.6 is 0 Å². The van der Waals surface area contributed by atoms with Gasteiger partial charge in [-0.25, -0.2) is 4.98 Å². The van der Waals surface area contributed by atoms with Gasteiger partial charge in [-0.1, -0.05) is 17.7 Å². The second-order valence-corrected chi connectivity index (χ2v) is 5.90. The monoisotopic (exact) mass is 255 g/mol. The molecular weight excluding hydrogens is 234 g/mol. The summed E-state index contributed by atoms with van der Waals surface area (Å²) in [5.74, 6) is 1.06. The average molecular weight is 255 g/mol. The zero-order chi connectivity index (χ0) is 13.6. The molecule has 0 bridgehead atoms. The van der Waals surface area contributed by atoms with Crippen LogP contribution in [0.3, 0.4) is 0 Å². The summed E-state index contributed by atoms with van der Waals surface area (Å²) in [6, 6.07) is 4.44. The van der Waals surface area contributed by atoms with Gasteiger partial charge in [0.1, 0.15) is 5.82 Å².